The topological polar surface area (TPSA) is 172 Å². The third-order valence-corrected chi connectivity index (χ3v) is 9.60. The van der Waals surface area contributed by atoms with E-state index in [1.807, 2.05) is 0 Å². The van der Waals surface area contributed by atoms with Crippen molar-refractivity contribution in [2.45, 2.75) is 31.6 Å². The second-order valence-corrected chi connectivity index (χ2v) is 12.6. The molecule has 5 N–H and O–H groups in total. The number of ether oxygens (including phenoxy) is 2. The van der Waals surface area contributed by atoms with Crippen molar-refractivity contribution >= 4 is 57.6 Å². The number of benzene rings is 2. The third-order valence-electron chi connectivity index (χ3n) is 8.08. The van der Waals surface area contributed by atoms with Crippen LogP contribution in [0.25, 0.3) is 32.1 Å². The number of hydrogen-bond donors (Lipinski definition) is 4. The van der Waals surface area contributed by atoms with Crippen molar-refractivity contribution in [2.24, 2.45) is 0 Å². The van der Waals surface area contributed by atoms with Crippen LogP contribution < -0.4 is 25.4 Å². The van der Waals surface area contributed by atoms with Gasteiger partial charge < -0.3 is 35.2 Å². The zero-order chi connectivity index (χ0) is 36.9. The summed E-state index contributed by atoms with van der Waals surface area (Å²) in [5.74, 6) is -4.37. The van der Waals surface area contributed by atoms with Gasteiger partial charge in [-0.15, -0.1) is 11.3 Å². The minimum Gasteiger partial charge on any atom is -0.490 e. The van der Waals surface area contributed by atoms with Crippen molar-refractivity contribution in [3.05, 3.63) is 58.8 Å². The van der Waals surface area contributed by atoms with Crippen molar-refractivity contribution in [1.82, 2.24) is 15.0 Å². The molecule has 0 amide bonds. The molecule has 5 aromatic rings. The van der Waals surface area contributed by atoms with Crippen LogP contribution in [-0.4, -0.2) is 57.7 Å². The Balaban J connectivity index is 1.73. The summed E-state index contributed by atoms with van der Waals surface area (Å²) in [6.07, 6.45) is -7.36. The number of nitrogen functional groups attached to an aromatic ring is 1. The number of nitrogens with two attached hydrogens (primary N) is 1. The van der Waals surface area contributed by atoms with Crippen LogP contribution in [0.2, 0.25) is 0 Å². The van der Waals surface area contributed by atoms with E-state index in [1.54, 1.807) is 6.07 Å². The van der Waals surface area contributed by atoms with Gasteiger partial charge in [-0.3, -0.25) is 4.52 Å². The van der Waals surface area contributed by atoms with Gasteiger partial charge in [0.1, 0.15) is 64.7 Å². The number of thiophene rings is 1. The van der Waals surface area contributed by atoms with Gasteiger partial charge in [-0.1, -0.05) is 12.1 Å². The van der Waals surface area contributed by atoms with E-state index in [-0.39, 0.29) is 21.1 Å². The van der Waals surface area contributed by atoms with Crippen LogP contribution in [0.1, 0.15) is 29.7 Å². The molecule has 0 saturated carbocycles. The summed E-state index contributed by atoms with van der Waals surface area (Å²) in [4.78, 5) is 31.2. The molecule has 0 radical (unpaired) electrons. The standard InChI is InChI=1S/C30H23F7N7O5PS/c1-11(12-4-3-7-40-26(12)39)44-16(25(33)34)9-48-23-19-22(42-29(47-2)43-27(19)44)21(32)18(20(23)30(35,36)37)13-5-6-15(31)24-17(13)14(8-38)28(51-24)41-10-49-50(45)46/h3-7,11,16,25,41,45-46H,9-10H2,1-2H3,(H2,39,40). The highest BCUT2D eigenvalue weighted by Gasteiger charge is 2.46. The summed E-state index contributed by atoms with van der Waals surface area (Å²) in [6.45, 7) is -0.230. The zero-order valence-electron chi connectivity index (χ0n) is 26.0. The first-order chi connectivity index (χ1) is 24.2. The number of anilines is 3. The number of fused-ring (bicyclic) bond motifs is 1. The van der Waals surface area contributed by atoms with E-state index in [2.05, 4.69) is 24.8 Å². The Morgan fingerprint density at radius 1 is 1.22 bits per heavy atom. The van der Waals surface area contributed by atoms with E-state index in [1.165, 1.54) is 25.3 Å². The molecule has 4 heterocycles. The first kappa shape index (κ1) is 36.0. The molecule has 6 rings (SSSR count). The number of nitriles is 1. The average molecular weight is 758 g/mol. The van der Waals surface area contributed by atoms with E-state index in [0.717, 1.165) is 24.1 Å². The number of pyridine rings is 1. The lowest BCUT2D eigenvalue weighted by Crippen LogP contribution is -2.46. The molecule has 0 saturated heterocycles. The highest BCUT2D eigenvalue weighted by molar-refractivity contribution is 7.39. The van der Waals surface area contributed by atoms with Crippen LogP contribution in [0.15, 0.2) is 30.5 Å². The molecule has 0 spiro atoms. The number of alkyl halides is 5. The number of hydrogen-bond acceptors (Lipinski definition) is 13. The fraction of sp³-hybridized carbons (Fsp3) is 0.267. The van der Waals surface area contributed by atoms with E-state index >= 15 is 22.0 Å². The van der Waals surface area contributed by atoms with Gasteiger partial charge in [0, 0.05) is 22.7 Å². The van der Waals surface area contributed by atoms with Crippen molar-refractivity contribution in [1.29, 1.82) is 5.26 Å². The second-order valence-electron chi connectivity index (χ2n) is 10.8. The molecule has 3 aromatic heterocycles. The quantitative estimate of drug-likeness (QED) is 0.0701. The number of halogens is 7. The molecule has 21 heteroatoms. The van der Waals surface area contributed by atoms with E-state index in [0.29, 0.717) is 11.3 Å². The number of nitrogens with zero attached hydrogens (tertiary/aromatic N) is 5. The van der Waals surface area contributed by atoms with Gasteiger partial charge in [0.15, 0.2) is 5.82 Å². The molecule has 0 aliphatic carbocycles. The Labute approximate surface area is 287 Å². The summed E-state index contributed by atoms with van der Waals surface area (Å²) < 4.78 is 123. The molecule has 268 valence electrons. The molecule has 12 nitrogen and oxygen atoms in total. The lowest BCUT2D eigenvalue weighted by molar-refractivity contribution is -0.138. The van der Waals surface area contributed by atoms with Crippen molar-refractivity contribution in [3.8, 4) is 29.0 Å². The molecule has 1 aliphatic rings. The molecule has 2 atom stereocenters. The van der Waals surface area contributed by atoms with Crippen LogP contribution in [0.5, 0.6) is 11.8 Å². The molecule has 1 aliphatic heterocycles. The Kier molecular flexibility index (Phi) is 9.69. The van der Waals surface area contributed by atoms with Crippen molar-refractivity contribution in [2.75, 3.05) is 36.4 Å². The van der Waals surface area contributed by atoms with Gasteiger partial charge in [-0.2, -0.15) is 28.4 Å². The minimum atomic E-state index is -5.45. The smallest absolute Gasteiger partial charge is 0.420 e. The van der Waals surface area contributed by atoms with E-state index in [9.17, 15) is 14.0 Å². The number of nitrogens with one attached hydrogen (secondary N) is 1. The Morgan fingerprint density at radius 2 is 1.96 bits per heavy atom. The third kappa shape index (κ3) is 6.25. The number of aromatic nitrogens is 3. The summed E-state index contributed by atoms with van der Waals surface area (Å²) in [5, 5.41) is 11.3. The van der Waals surface area contributed by atoms with Gasteiger partial charge in [-0.25, -0.2) is 22.5 Å². The van der Waals surface area contributed by atoms with E-state index < -0.39 is 114 Å². The van der Waals surface area contributed by atoms with Crippen LogP contribution >= 0.6 is 19.9 Å². The van der Waals surface area contributed by atoms with Gasteiger partial charge in [0.25, 0.3) is 6.43 Å². The summed E-state index contributed by atoms with van der Waals surface area (Å²) >= 11 is 0.567. The highest BCUT2D eigenvalue weighted by Crippen LogP contribution is 2.54. The molecular weight excluding hydrogens is 734 g/mol. The molecule has 2 aromatic carbocycles. The van der Waals surface area contributed by atoms with Gasteiger partial charge >= 0.3 is 20.8 Å². The second kappa shape index (κ2) is 13.7. The van der Waals surface area contributed by atoms with Gasteiger partial charge in [0.2, 0.25) is 0 Å². The molecule has 0 fully saturated rings. The minimum absolute atomic E-state index is 0.0727. The SMILES string of the molecule is COc1nc2c3c(c(C(F)(F)F)c(-c4ccc(F)c5sc(NCOP(O)O)c(C#N)c45)c(F)c3n1)OCC(C(F)F)N2C(C)c1cccnc1N. The van der Waals surface area contributed by atoms with Gasteiger partial charge in [-0.05, 0) is 24.6 Å². The average Bonchev–Trinajstić information content (AvgIpc) is 3.36. The van der Waals surface area contributed by atoms with Crippen LogP contribution in [-0.2, 0) is 10.7 Å². The Bertz CT molecular complexity index is 2200. The zero-order valence-corrected chi connectivity index (χ0v) is 27.7. The predicted octanol–water partition coefficient (Wildman–Crippen LogP) is 6.86. The summed E-state index contributed by atoms with van der Waals surface area (Å²) in [6, 6.07) is 2.58. The lowest BCUT2D eigenvalue weighted by Gasteiger charge is -2.36. The maximum atomic E-state index is 17.1. The van der Waals surface area contributed by atoms with Crippen LogP contribution in [0.4, 0.5) is 47.4 Å². The van der Waals surface area contributed by atoms with Crippen molar-refractivity contribution < 1.29 is 54.5 Å². The number of rotatable bonds is 9. The normalized spacial score (nSPS) is 15.3. The predicted molar refractivity (Wildman–Crippen MR) is 172 cm³/mol. The van der Waals surface area contributed by atoms with Gasteiger partial charge in [0.05, 0.1) is 28.8 Å². The fourth-order valence-electron chi connectivity index (χ4n) is 5.98. The first-order valence-corrected chi connectivity index (χ1v) is 16.5. The maximum absolute atomic E-state index is 17.1. The maximum Gasteiger partial charge on any atom is 0.420 e. The summed E-state index contributed by atoms with van der Waals surface area (Å²) in [7, 11) is -1.77. The summed E-state index contributed by atoms with van der Waals surface area (Å²) in [5.41, 5.74) is 1.39. The molecule has 2 unspecified atom stereocenters. The largest absolute Gasteiger partial charge is 0.490 e. The van der Waals surface area contributed by atoms with Crippen LogP contribution in [0, 0.1) is 23.0 Å². The molecule has 0 bridgehead atoms. The Morgan fingerprint density at radius 3 is 2.59 bits per heavy atom. The van der Waals surface area contributed by atoms with Crippen molar-refractivity contribution in [3.63, 3.8) is 0 Å². The number of methoxy groups -OCH3 is 1. The highest BCUT2D eigenvalue weighted by atomic mass is 32.1. The first-order valence-electron chi connectivity index (χ1n) is 14.5. The monoisotopic (exact) mass is 757 g/mol. The molecule has 51 heavy (non-hydrogen) atoms. The van der Waals surface area contributed by atoms with Crippen LogP contribution in [0.3, 0.4) is 0 Å². The Hall–Kier alpha value is -4.80. The van der Waals surface area contributed by atoms with E-state index in [4.69, 9.17) is 25.0 Å². The fourth-order valence-corrected chi connectivity index (χ4v) is 7.22. The lowest BCUT2D eigenvalue weighted by atomic mass is 9.91. The molecular formula is C30H23F7N7O5PS.